The number of likely N-dealkylation sites (N-methyl/N-ethyl adjacent to an activating group) is 1. The quantitative estimate of drug-likeness (QED) is 0.863. The molecule has 0 saturated carbocycles. The van der Waals surface area contributed by atoms with Crippen molar-refractivity contribution >= 4 is 37.8 Å². The molecule has 0 heterocycles. The summed E-state index contributed by atoms with van der Waals surface area (Å²) in [6.45, 7) is 3.88. The second-order valence-electron chi connectivity index (χ2n) is 3.89. The van der Waals surface area contributed by atoms with E-state index in [0.717, 1.165) is 14.5 Å². The maximum atomic E-state index is 11.4. The Labute approximate surface area is 119 Å². The van der Waals surface area contributed by atoms with E-state index < -0.39 is 0 Å². The Bertz CT molecular complexity index is 409. The Kier molecular flexibility index (Phi) is 5.62. The number of amides is 1. The van der Waals surface area contributed by atoms with Crippen molar-refractivity contribution in [1.82, 2.24) is 10.6 Å². The molecule has 17 heavy (non-hydrogen) atoms. The maximum absolute atomic E-state index is 11.4. The molecule has 2 unspecified atom stereocenters. The smallest absolute Gasteiger partial charge is 0.236 e. The van der Waals surface area contributed by atoms with E-state index in [1.165, 1.54) is 0 Å². The van der Waals surface area contributed by atoms with Gasteiger partial charge in [0.2, 0.25) is 5.91 Å². The van der Waals surface area contributed by atoms with E-state index in [9.17, 15) is 4.79 Å². The van der Waals surface area contributed by atoms with Crippen LogP contribution in [0.4, 0.5) is 0 Å². The van der Waals surface area contributed by atoms with Crippen LogP contribution < -0.4 is 10.6 Å². The minimum Gasteiger partial charge on any atom is -0.358 e. The minimum absolute atomic E-state index is 0.00918. The number of halogens is 2. The SMILES string of the molecule is CNC(=O)C(C)NC(C)c1ccc(Br)cc1Br. The van der Waals surface area contributed by atoms with Crippen molar-refractivity contribution in [3.8, 4) is 0 Å². The normalized spacial score (nSPS) is 14.2. The van der Waals surface area contributed by atoms with Gasteiger partial charge in [0.1, 0.15) is 0 Å². The first-order valence-corrected chi connectivity index (χ1v) is 6.97. The van der Waals surface area contributed by atoms with Crippen molar-refractivity contribution in [2.24, 2.45) is 0 Å². The van der Waals surface area contributed by atoms with Crippen LogP contribution >= 0.6 is 31.9 Å². The van der Waals surface area contributed by atoms with Crippen molar-refractivity contribution in [3.05, 3.63) is 32.7 Å². The molecule has 0 bridgehead atoms. The molecular weight excluding hydrogens is 348 g/mol. The van der Waals surface area contributed by atoms with E-state index in [0.29, 0.717) is 0 Å². The van der Waals surface area contributed by atoms with Crippen LogP contribution in [0.25, 0.3) is 0 Å². The summed E-state index contributed by atoms with van der Waals surface area (Å²) in [7, 11) is 1.64. The van der Waals surface area contributed by atoms with Crippen molar-refractivity contribution in [2.75, 3.05) is 7.05 Å². The molecule has 0 aliphatic heterocycles. The Hall–Kier alpha value is -0.390. The highest BCUT2D eigenvalue weighted by Gasteiger charge is 2.16. The number of carbonyl (C=O) groups is 1. The first-order valence-electron chi connectivity index (χ1n) is 5.38. The van der Waals surface area contributed by atoms with E-state index in [4.69, 9.17) is 0 Å². The van der Waals surface area contributed by atoms with Gasteiger partial charge < -0.3 is 5.32 Å². The van der Waals surface area contributed by atoms with Gasteiger partial charge in [-0.3, -0.25) is 10.1 Å². The first-order chi connectivity index (χ1) is 7.95. The van der Waals surface area contributed by atoms with Gasteiger partial charge in [-0.1, -0.05) is 37.9 Å². The Balaban J connectivity index is 2.76. The summed E-state index contributed by atoms with van der Waals surface area (Å²) in [5.41, 5.74) is 1.13. The third-order valence-corrected chi connectivity index (χ3v) is 3.75. The zero-order valence-electron chi connectivity index (χ0n) is 10.1. The highest BCUT2D eigenvalue weighted by molar-refractivity contribution is 9.11. The zero-order valence-corrected chi connectivity index (χ0v) is 13.2. The van der Waals surface area contributed by atoms with Crippen molar-refractivity contribution < 1.29 is 4.79 Å². The van der Waals surface area contributed by atoms with E-state index in [1.807, 2.05) is 32.0 Å². The van der Waals surface area contributed by atoms with E-state index >= 15 is 0 Å². The molecule has 1 amide bonds. The van der Waals surface area contributed by atoms with Gasteiger partial charge in [-0.25, -0.2) is 0 Å². The third kappa shape index (κ3) is 4.08. The Morgan fingerprint density at radius 2 is 1.94 bits per heavy atom. The topological polar surface area (TPSA) is 41.1 Å². The maximum Gasteiger partial charge on any atom is 0.236 e. The summed E-state index contributed by atoms with van der Waals surface area (Å²) in [4.78, 5) is 11.4. The standard InChI is InChI=1S/C12H16Br2N2O/c1-7(16-8(2)12(17)15-3)10-5-4-9(13)6-11(10)14/h4-8,16H,1-3H3,(H,15,17). The molecular formula is C12H16Br2N2O. The molecule has 1 aromatic rings. The summed E-state index contributed by atoms with van der Waals surface area (Å²) in [6, 6.07) is 5.90. The van der Waals surface area contributed by atoms with Crippen LogP contribution in [0.15, 0.2) is 27.1 Å². The highest BCUT2D eigenvalue weighted by atomic mass is 79.9. The Morgan fingerprint density at radius 1 is 1.29 bits per heavy atom. The summed E-state index contributed by atoms with van der Waals surface area (Å²) in [5.74, 6) is -0.00918. The molecule has 94 valence electrons. The molecule has 0 saturated heterocycles. The van der Waals surface area contributed by atoms with Gasteiger partial charge in [-0.15, -0.1) is 0 Å². The molecule has 5 heteroatoms. The van der Waals surface area contributed by atoms with Gasteiger partial charge >= 0.3 is 0 Å². The second-order valence-corrected chi connectivity index (χ2v) is 5.66. The molecule has 0 fully saturated rings. The lowest BCUT2D eigenvalue weighted by Crippen LogP contribution is -2.41. The number of rotatable bonds is 4. The third-order valence-electron chi connectivity index (χ3n) is 2.57. The molecule has 1 aromatic carbocycles. The van der Waals surface area contributed by atoms with E-state index in [1.54, 1.807) is 7.05 Å². The first kappa shape index (κ1) is 14.7. The molecule has 0 aromatic heterocycles. The molecule has 0 aliphatic carbocycles. The van der Waals surface area contributed by atoms with Gasteiger partial charge in [-0.05, 0) is 31.5 Å². The summed E-state index contributed by atoms with van der Waals surface area (Å²) in [5, 5.41) is 5.87. The van der Waals surface area contributed by atoms with Crippen LogP contribution in [0.1, 0.15) is 25.5 Å². The minimum atomic E-state index is -0.217. The fourth-order valence-corrected chi connectivity index (χ4v) is 3.00. The molecule has 0 aliphatic rings. The van der Waals surface area contributed by atoms with E-state index in [2.05, 4.69) is 42.5 Å². The summed E-state index contributed by atoms with van der Waals surface area (Å²) < 4.78 is 2.05. The molecule has 2 atom stereocenters. The van der Waals surface area contributed by atoms with Crippen LogP contribution in [-0.2, 0) is 4.79 Å². The van der Waals surface area contributed by atoms with Crippen LogP contribution in [0.3, 0.4) is 0 Å². The monoisotopic (exact) mass is 362 g/mol. The largest absolute Gasteiger partial charge is 0.358 e. The molecule has 0 radical (unpaired) electrons. The van der Waals surface area contributed by atoms with Crippen LogP contribution in [0, 0.1) is 0 Å². The average molecular weight is 364 g/mol. The van der Waals surface area contributed by atoms with Crippen LogP contribution in [0.2, 0.25) is 0 Å². The van der Waals surface area contributed by atoms with Gasteiger partial charge in [0.05, 0.1) is 6.04 Å². The van der Waals surface area contributed by atoms with Crippen LogP contribution in [-0.4, -0.2) is 19.0 Å². The predicted molar refractivity (Wildman–Crippen MR) is 76.9 cm³/mol. The number of carbonyl (C=O) groups excluding carboxylic acids is 1. The number of hydrogen-bond donors (Lipinski definition) is 2. The number of benzene rings is 1. The van der Waals surface area contributed by atoms with Crippen molar-refractivity contribution in [3.63, 3.8) is 0 Å². The van der Waals surface area contributed by atoms with Crippen LogP contribution in [0.5, 0.6) is 0 Å². The average Bonchev–Trinajstić information content (AvgIpc) is 2.27. The summed E-state index contributed by atoms with van der Waals surface area (Å²) >= 11 is 6.94. The molecule has 2 N–H and O–H groups in total. The molecule has 1 rings (SSSR count). The van der Waals surface area contributed by atoms with Gasteiger partial charge in [0.15, 0.2) is 0 Å². The lowest BCUT2D eigenvalue weighted by Gasteiger charge is -2.20. The lowest BCUT2D eigenvalue weighted by molar-refractivity contribution is -0.122. The molecule has 0 spiro atoms. The fraction of sp³-hybridized carbons (Fsp3) is 0.417. The summed E-state index contributed by atoms with van der Waals surface area (Å²) in [6.07, 6.45) is 0. The lowest BCUT2D eigenvalue weighted by atomic mass is 10.1. The van der Waals surface area contributed by atoms with Gasteiger partial charge in [0.25, 0.3) is 0 Å². The van der Waals surface area contributed by atoms with E-state index in [-0.39, 0.29) is 18.0 Å². The zero-order chi connectivity index (χ0) is 13.0. The predicted octanol–water partition coefficient (Wildman–Crippen LogP) is 3.00. The number of hydrogen-bond acceptors (Lipinski definition) is 2. The van der Waals surface area contributed by atoms with Crippen molar-refractivity contribution in [1.29, 1.82) is 0 Å². The second kappa shape index (κ2) is 6.52. The Morgan fingerprint density at radius 3 is 2.47 bits per heavy atom. The fourth-order valence-electron chi connectivity index (χ4n) is 1.61. The van der Waals surface area contributed by atoms with Crippen molar-refractivity contribution in [2.45, 2.75) is 25.9 Å². The van der Waals surface area contributed by atoms with Gasteiger partial charge in [0, 0.05) is 22.0 Å². The number of nitrogens with one attached hydrogen (secondary N) is 2. The molecule has 3 nitrogen and oxygen atoms in total. The van der Waals surface area contributed by atoms with Gasteiger partial charge in [-0.2, -0.15) is 0 Å². The highest BCUT2D eigenvalue weighted by Crippen LogP contribution is 2.26.